The number of allylic oxidation sites excluding steroid dienone is 1. The standard InChI is InChI=1S/C6H4N2O3/c9-7-5-3-1-2-4-6(5)8(10)11-7/h1,4H,2H2/q-2. The van der Waals surface area contributed by atoms with Gasteiger partial charge in [0.1, 0.15) is 5.70 Å². The molecule has 1 aliphatic heterocycles. The van der Waals surface area contributed by atoms with E-state index in [1.165, 1.54) is 0 Å². The minimum Gasteiger partial charge on any atom is -0.731 e. The molecule has 0 radical (unpaired) electrons. The molecule has 0 atom stereocenters. The van der Waals surface area contributed by atoms with E-state index in [9.17, 15) is 10.4 Å². The maximum Gasteiger partial charge on any atom is 0.120 e. The summed E-state index contributed by atoms with van der Waals surface area (Å²) < 4.78 is 0. The van der Waals surface area contributed by atoms with E-state index in [0.29, 0.717) is 6.42 Å². The lowest BCUT2D eigenvalue weighted by molar-refractivity contribution is -0.206. The molecule has 0 saturated carbocycles. The van der Waals surface area contributed by atoms with Gasteiger partial charge in [-0.15, -0.1) is 0 Å². The molecule has 0 aromatic rings. The third kappa shape index (κ3) is 0.840. The van der Waals surface area contributed by atoms with Crippen LogP contribution in [0.1, 0.15) is 6.42 Å². The van der Waals surface area contributed by atoms with Gasteiger partial charge in [-0.3, -0.25) is 10.5 Å². The van der Waals surface area contributed by atoms with Gasteiger partial charge in [0.2, 0.25) is 0 Å². The van der Waals surface area contributed by atoms with Gasteiger partial charge in [0.15, 0.2) is 0 Å². The summed E-state index contributed by atoms with van der Waals surface area (Å²) in [4.78, 5) is 4.18. The first-order valence-electron chi connectivity index (χ1n) is 3.07. The molecule has 0 unspecified atom stereocenters. The normalized spacial score (nSPS) is 21.6. The molecule has 2 rings (SSSR count). The van der Waals surface area contributed by atoms with Crippen LogP contribution in [0.3, 0.4) is 0 Å². The summed E-state index contributed by atoms with van der Waals surface area (Å²) in [7, 11) is 0. The molecule has 0 amide bonds. The Morgan fingerprint density at radius 3 is 3.00 bits per heavy atom. The van der Waals surface area contributed by atoms with Gasteiger partial charge in [-0.25, -0.2) is 0 Å². The van der Waals surface area contributed by atoms with Gasteiger partial charge in [-0.1, -0.05) is 11.8 Å². The van der Waals surface area contributed by atoms with E-state index in [4.69, 9.17) is 0 Å². The SMILES string of the molecule is [O-]N1ON([O-])C2=CCC=C=C21. The summed E-state index contributed by atoms with van der Waals surface area (Å²) in [6, 6.07) is 0. The van der Waals surface area contributed by atoms with Crippen LogP contribution < -0.4 is 0 Å². The van der Waals surface area contributed by atoms with Crippen molar-refractivity contribution in [1.82, 2.24) is 10.5 Å². The number of hydrogen-bond donors (Lipinski definition) is 0. The fraction of sp³-hybridized carbons (Fsp3) is 0.167. The minimum absolute atomic E-state index is 0.145. The van der Waals surface area contributed by atoms with Crippen LogP contribution in [0.15, 0.2) is 29.3 Å². The number of hydrogen-bond acceptors (Lipinski definition) is 5. The molecule has 1 fully saturated rings. The Kier molecular flexibility index (Phi) is 1.24. The fourth-order valence-electron chi connectivity index (χ4n) is 0.956. The number of fused-ring (bicyclic) bond motifs is 1. The van der Waals surface area contributed by atoms with Crippen LogP contribution in [0, 0.1) is 10.4 Å². The molecular weight excluding hydrogens is 148 g/mol. The number of hydroxylamine groups is 4. The Labute approximate surface area is 62.5 Å². The Bertz CT molecular complexity index is 278. The van der Waals surface area contributed by atoms with E-state index in [1.54, 1.807) is 12.2 Å². The molecule has 5 nitrogen and oxygen atoms in total. The third-order valence-electron chi connectivity index (χ3n) is 1.44. The molecule has 58 valence electrons. The molecule has 11 heavy (non-hydrogen) atoms. The van der Waals surface area contributed by atoms with E-state index in [0.717, 1.165) is 0 Å². The summed E-state index contributed by atoms with van der Waals surface area (Å²) >= 11 is 0. The Morgan fingerprint density at radius 1 is 1.45 bits per heavy atom. The van der Waals surface area contributed by atoms with Gasteiger partial charge in [-0.05, 0) is 12.5 Å². The van der Waals surface area contributed by atoms with Crippen LogP contribution in [0.25, 0.3) is 0 Å². The predicted molar refractivity (Wildman–Crippen MR) is 35.8 cm³/mol. The van der Waals surface area contributed by atoms with Gasteiger partial charge in [-0.2, -0.15) is 4.94 Å². The topological polar surface area (TPSA) is 61.8 Å². The van der Waals surface area contributed by atoms with Crippen molar-refractivity contribution in [2.75, 3.05) is 0 Å². The van der Waals surface area contributed by atoms with Gasteiger partial charge >= 0.3 is 0 Å². The predicted octanol–water partition coefficient (Wildman–Crippen LogP) is 0.773. The molecule has 0 aromatic carbocycles. The van der Waals surface area contributed by atoms with Crippen molar-refractivity contribution in [1.29, 1.82) is 0 Å². The molecule has 1 aliphatic carbocycles. The number of nitrogens with zero attached hydrogens (tertiary/aromatic N) is 2. The van der Waals surface area contributed by atoms with Crippen LogP contribution in [0.5, 0.6) is 0 Å². The minimum atomic E-state index is 0.145. The van der Waals surface area contributed by atoms with Gasteiger partial charge in [0.05, 0.1) is 5.70 Å². The summed E-state index contributed by atoms with van der Waals surface area (Å²) in [5.41, 5.74) is 3.01. The maximum absolute atomic E-state index is 10.7. The van der Waals surface area contributed by atoms with Crippen LogP contribution in [0.2, 0.25) is 0 Å². The third-order valence-corrected chi connectivity index (χ3v) is 1.44. The van der Waals surface area contributed by atoms with Gasteiger partial charge < -0.3 is 10.4 Å². The number of rotatable bonds is 0. The fourth-order valence-corrected chi connectivity index (χ4v) is 0.956. The van der Waals surface area contributed by atoms with Crippen molar-refractivity contribution in [3.8, 4) is 0 Å². The van der Waals surface area contributed by atoms with Gasteiger partial charge in [0, 0.05) is 0 Å². The Balaban J connectivity index is 2.46. The molecular formula is C6H4N2O3-2. The quantitative estimate of drug-likeness (QED) is 0.480. The summed E-state index contributed by atoms with van der Waals surface area (Å²) in [6.45, 7) is 0. The monoisotopic (exact) mass is 152 g/mol. The van der Waals surface area contributed by atoms with Crippen molar-refractivity contribution in [2.24, 2.45) is 0 Å². The zero-order valence-electron chi connectivity index (χ0n) is 5.48. The highest BCUT2D eigenvalue weighted by atomic mass is 17.1. The molecule has 0 spiro atoms. The van der Waals surface area contributed by atoms with Crippen molar-refractivity contribution in [2.45, 2.75) is 6.42 Å². The van der Waals surface area contributed by atoms with Gasteiger partial charge in [0.25, 0.3) is 0 Å². The van der Waals surface area contributed by atoms with Crippen LogP contribution >= 0.6 is 0 Å². The first-order valence-corrected chi connectivity index (χ1v) is 3.07. The Hall–Kier alpha value is -1.26. The Morgan fingerprint density at radius 2 is 2.27 bits per heavy atom. The lowest BCUT2D eigenvalue weighted by atomic mass is 10.2. The molecule has 5 heteroatoms. The van der Waals surface area contributed by atoms with Crippen molar-refractivity contribution in [3.05, 3.63) is 39.7 Å². The van der Waals surface area contributed by atoms with E-state index in [2.05, 4.69) is 10.7 Å². The highest BCUT2D eigenvalue weighted by molar-refractivity contribution is 5.32. The first-order chi connectivity index (χ1) is 5.29. The smallest absolute Gasteiger partial charge is 0.120 e. The second kappa shape index (κ2) is 2.11. The first kappa shape index (κ1) is 6.45. The summed E-state index contributed by atoms with van der Waals surface area (Å²) in [6.07, 6.45) is 3.87. The van der Waals surface area contributed by atoms with E-state index in [1.807, 2.05) is 0 Å². The molecule has 2 aliphatic rings. The zero-order chi connectivity index (χ0) is 7.84. The largest absolute Gasteiger partial charge is 0.731 e. The van der Waals surface area contributed by atoms with Crippen LogP contribution in [-0.4, -0.2) is 10.5 Å². The van der Waals surface area contributed by atoms with Crippen LogP contribution in [-0.2, 0) is 4.94 Å². The summed E-state index contributed by atoms with van der Waals surface area (Å²) in [5.74, 6) is 0. The molecule has 0 N–H and O–H groups in total. The van der Waals surface area contributed by atoms with E-state index < -0.39 is 0 Å². The molecule has 1 saturated heterocycles. The molecule has 0 aromatic heterocycles. The highest BCUT2D eigenvalue weighted by Gasteiger charge is 2.19. The summed E-state index contributed by atoms with van der Waals surface area (Å²) in [5, 5.41) is 21.8. The second-order valence-electron chi connectivity index (χ2n) is 2.12. The van der Waals surface area contributed by atoms with Crippen molar-refractivity contribution >= 4 is 0 Å². The molecule has 1 heterocycles. The zero-order valence-corrected chi connectivity index (χ0v) is 5.48. The second-order valence-corrected chi connectivity index (χ2v) is 2.12. The van der Waals surface area contributed by atoms with Crippen LogP contribution in [0.4, 0.5) is 0 Å². The average Bonchev–Trinajstić information content (AvgIpc) is 2.30. The van der Waals surface area contributed by atoms with E-state index >= 15 is 0 Å². The van der Waals surface area contributed by atoms with Crippen molar-refractivity contribution < 1.29 is 4.94 Å². The lowest BCUT2D eigenvalue weighted by Crippen LogP contribution is -2.10. The molecule has 0 bridgehead atoms. The van der Waals surface area contributed by atoms with E-state index in [-0.39, 0.29) is 21.8 Å². The lowest BCUT2D eigenvalue weighted by Gasteiger charge is -2.24. The van der Waals surface area contributed by atoms with Crippen molar-refractivity contribution in [3.63, 3.8) is 0 Å². The highest BCUT2D eigenvalue weighted by Crippen LogP contribution is 2.28. The average molecular weight is 152 g/mol. The maximum atomic E-state index is 10.7.